The second-order valence-electron chi connectivity index (χ2n) is 5.14. The van der Waals surface area contributed by atoms with Crippen LogP contribution in [0.4, 0.5) is 5.69 Å². The van der Waals surface area contributed by atoms with Crippen LogP contribution in [0.15, 0.2) is 23.2 Å². The summed E-state index contributed by atoms with van der Waals surface area (Å²) in [5.74, 6) is -0.679. The highest BCUT2D eigenvalue weighted by molar-refractivity contribution is 6.31. The van der Waals surface area contributed by atoms with Crippen LogP contribution in [0, 0.1) is 24.0 Å². The Kier molecular flexibility index (Phi) is 5.33. The molecule has 1 aromatic heterocycles. The summed E-state index contributed by atoms with van der Waals surface area (Å²) in [5.41, 5.74) is 1.63. The maximum absolute atomic E-state index is 11.9. The molecule has 0 fully saturated rings. The summed E-state index contributed by atoms with van der Waals surface area (Å²) >= 11 is 5.79. The van der Waals surface area contributed by atoms with E-state index in [1.807, 2.05) is 24.6 Å². The fraction of sp³-hybridized carbons (Fsp3) is 0.333. The number of benzene rings is 1. The molecule has 0 atom stereocenters. The first-order chi connectivity index (χ1) is 10.9. The number of rotatable bonds is 6. The molecule has 0 N–H and O–H groups in total. The van der Waals surface area contributed by atoms with Gasteiger partial charge in [-0.3, -0.25) is 19.8 Å². The molecule has 0 bridgehead atoms. The summed E-state index contributed by atoms with van der Waals surface area (Å²) in [6.07, 6.45) is 2.08. The molecule has 8 heteroatoms. The van der Waals surface area contributed by atoms with Gasteiger partial charge in [-0.15, -0.1) is 0 Å². The van der Waals surface area contributed by atoms with Crippen LogP contribution in [-0.2, 0) is 6.54 Å². The molecule has 122 valence electrons. The Morgan fingerprint density at radius 2 is 2.13 bits per heavy atom. The van der Waals surface area contributed by atoms with Gasteiger partial charge in [0.15, 0.2) is 0 Å². The monoisotopic (exact) mass is 335 g/mol. The van der Waals surface area contributed by atoms with E-state index in [1.165, 1.54) is 12.3 Å². The lowest BCUT2D eigenvalue weighted by atomic mass is 10.2. The van der Waals surface area contributed by atoms with Gasteiger partial charge in [-0.25, -0.2) is 0 Å². The van der Waals surface area contributed by atoms with Gasteiger partial charge in [0.2, 0.25) is 0 Å². The van der Waals surface area contributed by atoms with E-state index >= 15 is 0 Å². The third kappa shape index (κ3) is 4.29. The molecular weight excluding hydrogens is 320 g/mol. The Morgan fingerprint density at radius 3 is 2.74 bits per heavy atom. The van der Waals surface area contributed by atoms with Crippen molar-refractivity contribution in [3.63, 3.8) is 0 Å². The standard InChI is InChI=1S/C15H17ClN4O3/c1-10-6-11(2)19(18-10)5-3-4-17-9-12-7-13(16)8-14(15(12)21)20(22)23/h6-9,21H,3-5H2,1-2H3/p-1. The largest absolute Gasteiger partial charge is 0.867 e. The number of nitro benzene ring substituents is 1. The van der Waals surface area contributed by atoms with Gasteiger partial charge in [0.1, 0.15) is 0 Å². The minimum Gasteiger partial charge on any atom is -0.867 e. The van der Waals surface area contributed by atoms with Gasteiger partial charge in [-0.05, 0) is 43.7 Å². The van der Waals surface area contributed by atoms with Gasteiger partial charge < -0.3 is 5.11 Å². The number of hydrogen-bond acceptors (Lipinski definition) is 5. The zero-order chi connectivity index (χ0) is 17.0. The van der Waals surface area contributed by atoms with Crippen molar-refractivity contribution in [2.45, 2.75) is 26.8 Å². The average molecular weight is 336 g/mol. The van der Waals surface area contributed by atoms with Gasteiger partial charge in [0, 0.05) is 36.1 Å². The van der Waals surface area contributed by atoms with Crippen molar-refractivity contribution in [1.29, 1.82) is 0 Å². The highest BCUT2D eigenvalue weighted by Gasteiger charge is 2.11. The third-order valence-electron chi connectivity index (χ3n) is 3.25. The summed E-state index contributed by atoms with van der Waals surface area (Å²) < 4.78 is 1.90. The predicted molar refractivity (Wildman–Crippen MR) is 86.3 cm³/mol. The molecule has 0 unspecified atom stereocenters. The zero-order valence-corrected chi connectivity index (χ0v) is 13.6. The van der Waals surface area contributed by atoms with E-state index < -0.39 is 16.4 Å². The molecule has 7 nitrogen and oxygen atoms in total. The SMILES string of the molecule is Cc1cc(C)n(CCCN=Cc2cc(Cl)cc([N+](=O)[O-])c2[O-])n1. The van der Waals surface area contributed by atoms with Crippen molar-refractivity contribution >= 4 is 23.5 Å². The van der Waals surface area contributed by atoms with Crippen molar-refractivity contribution in [2.75, 3.05) is 6.54 Å². The normalized spacial score (nSPS) is 11.3. The number of aromatic nitrogens is 2. The first kappa shape index (κ1) is 17.0. The van der Waals surface area contributed by atoms with Crippen LogP contribution in [0.25, 0.3) is 0 Å². The van der Waals surface area contributed by atoms with Gasteiger partial charge in [-0.1, -0.05) is 11.6 Å². The second-order valence-corrected chi connectivity index (χ2v) is 5.58. The minimum absolute atomic E-state index is 0.121. The summed E-state index contributed by atoms with van der Waals surface area (Å²) in [6.45, 7) is 5.12. The molecule has 23 heavy (non-hydrogen) atoms. The van der Waals surface area contributed by atoms with Crippen molar-refractivity contribution in [3.8, 4) is 5.75 Å². The maximum atomic E-state index is 11.9. The van der Waals surface area contributed by atoms with Crippen molar-refractivity contribution in [3.05, 3.63) is 50.3 Å². The Balaban J connectivity index is 1.98. The Labute approximate surface area is 138 Å². The molecule has 0 radical (unpaired) electrons. The van der Waals surface area contributed by atoms with Crippen molar-refractivity contribution in [2.24, 2.45) is 4.99 Å². The molecule has 0 aliphatic heterocycles. The van der Waals surface area contributed by atoms with Gasteiger partial charge in [-0.2, -0.15) is 5.10 Å². The average Bonchev–Trinajstić information content (AvgIpc) is 2.79. The Hall–Kier alpha value is -2.41. The highest BCUT2D eigenvalue weighted by Crippen LogP contribution is 2.29. The lowest BCUT2D eigenvalue weighted by Gasteiger charge is -2.10. The number of aryl methyl sites for hydroxylation is 3. The number of nitro groups is 1. The lowest BCUT2D eigenvalue weighted by molar-refractivity contribution is -0.398. The fourth-order valence-electron chi connectivity index (χ4n) is 2.21. The lowest BCUT2D eigenvalue weighted by Crippen LogP contribution is -2.04. The van der Waals surface area contributed by atoms with Crippen molar-refractivity contribution < 1.29 is 10.0 Å². The predicted octanol–water partition coefficient (Wildman–Crippen LogP) is 2.64. The van der Waals surface area contributed by atoms with E-state index in [-0.39, 0.29) is 10.6 Å². The van der Waals surface area contributed by atoms with E-state index in [4.69, 9.17) is 11.6 Å². The number of nitrogens with zero attached hydrogens (tertiary/aromatic N) is 4. The fourth-order valence-corrected chi connectivity index (χ4v) is 2.43. The van der Waals surface area contributed by atoms with Crippen LogP contribution >= 0.6 is 11.6 Å². The van der Waals surface area contributed by atoms with E-state index in [0.29, 0.717) is 6.54 Å². The number of hydrogen-bond donors (Lipinski definition) is 0. The minimum atomic E-state index is -0.742. The van der Waals surface area contributed by atoms with Crippen LogP contribution in [0.2, 0.25) is 5.02 Å². The molecule has 2 aromatic rings. The summed E-state index contributed by atoms with van der Waals surface area (Å²) in [4.78, 5) is 14.2. The van der Waals surface area contributed by atoms with E-state index in [1.54, 1.807) is 0 Å². The van der Waals surface area contributed by atoms with Crippen LogP contribution in [-0.4, -0.2) is 27.5 Å². The Bertz CT molecular complexity index is 755. The molecule has 0 amide bonds. The second kappa shape index (κ2) is 7.23. The first-order valence-corrected chi connectivity index (χ1v) is 7.42. The van der Waals surface area contributed by atoms with E-state index in [0.717, 1.165) is 30.4 Å². The summed E-state index contributed by atoms with van der Waals surface area (Å²) in [5, 5.41) is 27.2. The van der Waals surface area contributed by atoms with Crippen molar-refractivity contribution in [1.82, 2.24) is 9.78 Å². The molecule has 1 heterocycles. The zero-order valence-electron chi connectivity index (χ0n) is 12.8. The molecular formula is C15H16ClN4O3-. The molecule has 0 saturated heterocycles. The molecule has 1 aromatic carbocycles. The van der Waals surface area contributed by atoms with Crippen LogP contribution in [0.5, 0.6) is 5.75 Å². The quantitative estimate of drug-likeness (QED) is 0.351. The number of halogens is 1. The molecule has 2 rings (SSSR count). The van der Waals surface area contributed by atoms with Gasteiger partial charge >= 0.3 is 0 Å². The van der Waals surface area contributed by atoms with E-state index in [9.17, 15) is 15.2 Å². The maximum Gasteiger partial charge on any atom is 0.263 e. The molecule has 0 spiro atoms. The highest BCUT2D eigenvalue weighted by atomic mass is 35.5. The Morgan fingerprint density at radius 1 is 1.39 bits per heavy atom. The van der Waals surface area contributed by atoms with E-state index in [2.05, 4.69) is 10.1 Å². The van der Waals surface area contributed by atoms with Gasteiger partial charge in [0.25, 0.3) is 5.69 Å². The van der Waals surface area contributed by atoms with Crippen LogP contribution in [0.1, 0.15) is 23.4 Å². The smallest absolute Gasteiger partial charge is 0.263 e. The number of aliphatic imine (C=N–C) groups is 1. The third-order valence-corrected chi connectivity index (χ3v) is 3.47. The van der Waals surface area contributed by atoms with Gasteiger partial charge in [0.05, 0.1) is 10.6 Å². The van der Waals surface area contributed by atoms with Crippen LogP contribution in [0.3, 0.4) is 0 Å². The summed E-state index contributed by atoms with van der Waals surface area (Å²) in [7, 11) is 0. The topological polar surface area (TPSA) is 96.4 Å². The molecule has 0 saturated carbocycles. The molecule has 0 aliphatic rings. The summed E-state index contributed by atoms with van der Waals surface area (Å²) in [6, 6.07) is 4.42. The molecule has 0 aliphatic carbocycles. The first-order valence-electron chi connectivity index (χ1n) is 7.04. The van der Waals surface area contributed by atoms with Crippen LogP contribution < -0.4 is 5.11 Å².